The summed E-state index contributed by atoms with van der Waals surface area (Å²) in [5, 5.41) is 3.34. The predicted molar refractivity (Wildman–Crippen MR) is 86.0 cm³/mol. The lowest BCUT2D eigenvalue weighted by molar-refractivity contribution is 0.414. The molecule has 1 N–H and O–H groups in total. The number of hydrogen-bond acceptors (Lipinski definition) is 2. The van der Waals surface area contributed by atoms with Crippen molar-refractivity contribution in [1.82, 2.24) is 5.32 Å². The van der Waals surface area contributed by atoms with Crippen LogP contribution in [-0.2, 0) is 0 Å². The van der Waals surface area contributed by atoms with Gasteiger partial charge in [0.2, 0.25) is 0 Å². The standard InChI is InChI=1S/C19H17NO/c1-3-15-20-19(14-9-16-7-5-4-6-8-16)17-10-12-18(21-2)13-11-17/h3,5,7-8,10-13,19-20H,1,15H2,2H3. The Labute approximate surface area is 125 Å². The van der Waals surface area contributed by atoms with Gasteiger partial charge >= 0.3 is 0 Å². The van der Waals surface area contributed by atoms with Crippen molar-refractivity contribution in [2.45, 2.75) is 6.04 Å². The number of nitrogens with one attached hydrogen (secondary N) is 1. The third-order valence-corrected chi connectivity index (χ3v) is 2.93. The van der Waals surface area contributed by atoms with Crippen LogP contribution in [0.2, 0.25) is 0 Å². The average molecular weight is 275 g/mol. The Kier molecular flexibility index (Phi) is 5.47. The van der Waals surface area contributed by atoms with Crippen molar-refractivity contribution in [3.8, 4) is 17.6 Å². The fourth-order valence-electron chi connectivity index (χ4n) is 1.83. The summed E-state index contributed by atoms with van der Waals surface area (Å²) >= 11 is 0. The molecule has 0 fully saturated rings. The van der Waals surface area contributed by atoms with Crippen LogP contribution in [0, 0.1) is 11.8 Å². The highest BCUT2D eigenvalue weighted by Crippen LogP contribution is 2.17. The maximum Gasteiger partial charge on any atom is 0.118 e. The zero-order valence-electron chi connectivity index (χ0n) is 12.0. The Morgan fingerprint density at radius 3 is 2.76 bits per heavy atom. The fourth-order valence-corrected chi connectivity index (χ4v) is 1.83. The van der Waals surface area contributed by atoms with Crippen molar-refractivity contribution < 1.29 is 4.74 Å². The summed E-state index contributed by atoms with van der Waals surface area (Å²) in [6.45, 7) is 4.43. The molecule has 0 aliphatic heterocycles. The molecular weight excluding hydrogens is 258 g/mol. The van der Waals surface area contributed by atoms with E-state index in [9.17, 15) is 0 Å². The van der Waals surface area contributed by atoms with Gasteiger partial charge < -0.3 is 4.74 Å². The summed E-state index contributed by atoms with van der Waals surface area (Å²) in [6, 6.07) is 7.84. The van der Waals surface area contributed by atoms with Crippen LogP contribution in [0.4, 0.5) is 0 Å². The van der Waals surface area contributed by atoms with E-state index in [1.807, 2.05) is 48.6 Å². The summed E-state index contributed by atoms with van der Waals surface area (Å²) in [5.74, 6) is 7.23. The zero-order chi connectivity index (χ0) is 14.9. The highest BCUT2D eigenvalue weighted by molar-refractivity contribution is 5.44. The Bertz CT molecular complexity index is 685. The quantitative estimate of drug-likeness (QED) is 0.505. The summed E-state index contributed by atoms with van der Waals surface area (Å²) < 4.78 is 5.18. The first kappa shape index (κ1) is 14.7. The Hall–Kier alpha value is -2.68. The van der Waals surface area contributed by atoms with Crippen LogP contribution in [0.25, 0.3) is 0 Å². The van der Waals surface area contributed by atoms with Crippen LogP contribution in [0.1, 0.15) is 11.6 Å². The van der Waals surface area contributed by atoms with Gasteiger partial charge in [-0.15, -0.1) is 6.58 Å². The second kappa shape index (κ2) is 7.80. The summed E-state index contributed by atoms with van der Waals surface area (Å²) in [4.78, 5) is 0. The van der Waals surface area contributed by atoms with E-state index in [1.165, 1.54) is 0 Å². The van der Waals surface area contributed by atoms with Gasteiger partial charge in [-0.2, -0.15) is 0 Å². The molecule has 1 aliphatic carbocycles. The van der Waals surface area contributed by atoms with Gasteiger partial charge in [0.25, 0.3) is 0 Å². The van der Waals surface area contributed by atoms with Crippen molar-refractivity contribution in [3.63, 3.8) is 0 Å². The van der Waals surface area contributed by atoms with Gasteiger partial charge in [-0.3, -0.25) is 5.32 Å². The Balaban J connectivity index is 2.19. The normalized spacial score (nSPS) is 13.1. The van der Waals surface area contributed by atoms with Gasteiger partial charge in [0.05, 0.1) is 13.2 Å². The van der Waals surface area contributed by atoms with E-state index in [-0.39, 0.29) is 6.04 Å². The summed E-state index contributed by atoms with van der Waals surface area (Å²) in [6.07, 6.45) is 7.38. The molecule has 0 radical (unpaired) electrons. The van der Waals surface area contributed by atoms with E-state index in [4.69, 9.17) is 4.74 Å². The molecule has 0 spiro atoms. The number of allylic oxidation sites excluding steroid dienone is 4. The van der Waals surface area contributed by atoms with Crippen LogP contribution in [-0.4, -0.2) is 13.7 Å². The third kappa shape index (κ3) is 4.42. The predicted octanol–water partition coefficient (Wildman–Crippen LogP) is 3.32. The number of rotatable bonds is 5. The molecule has 2 heteroatoms. The van der Waals surface area contributed by atoms with Crippen LogP contribution in [0.15, 0.2) is 72.2 Å². The van der Waals surface area contributed by atoms with Crippen molar-refractivity contribution in [2.75, 3.05) is 13.7 Å². The first-order valence-corrected chi connectivity index (χ1v) is 6.71. The largest absolute Gasteiger partial charge is 0.497 e. The van der Waals surface area contributed by atoms with Gasteiger partial charge in [-0.05, 0) is 29.8 Å². The van der Waals surface area contributed by atoms with Gasteiger partial charge in [-0.25, -0.2) is 0 Å². The minimum absolute atomic E-state index is 0.0573. The fraction of sp³-hybridized carbons (Fsp3) is 0.158. The molecule has 1 aliphatic rings. The molecule has 0 saturated carbocycles. The topological polar surface area (TPSA) is 21.3 Å². The lowest BCUT2D eigenvalue weighted by atomic mass is 10.1. The first-order valence-electron chi connectivity index (χ1n) is 6.71. The van der Waals surface area contributed by atoms with Crippen LogP contribution in [0.5, 0.6) is 5.75 Å². The van der Waals surface area contributed by atoms with E-state index in [0.29, 0.717) is 6.54 Å². The molecule has 0 amide bonds. The van der Waals surface area contributed by atoms with Crippen LogP contribution < -0.4 is 10.1 Å². The minimum atomic E-state index is -0.0573. The molecule has 2 rings (SSSR count). The second-order valence-corrected chi connectivity index (χ2v) is 4.39. The smallest absolute Gasteiger partial charge is 0.118 e. The van der Waals surface area contributed by atoms with Crippen LogP contribution >= 0.6 is 0 Å². The maximum absolute atomic E-state index is 5.18. The minimum Gasteiger partial charge on any atom is -0.497 e. The van der Waals surface area contributed by atoms with Gasteiger partial charge in [0, 0.05) is 18.2 Å². The number of ether oxygens (including phenoxy) is 1. The molecule has 1 atom stereocenters. The van der Waals surface area contributed by atoms with E-state index < -0.39 is 0 Å². The second-order valence-electron chi connectivity index (χ2n) is 4.39. The summed E-state index contributed by atoms with van der Waals surface area (Å²) in [7, 11) is 1.66. The highest BCUT2D eigenvalue weighted by Gasteiger charge is 2.07. The van der Waals surface area contributed by atoms with E-state index in [2.05, 4.69) is 35.2 Å². The van der Waals surface area contributed by atoms with Crippen molar-refractivity contribution in [2.24, 2.45) is 0 Å². The first-order chi connectivity index (χ1) is 10.3. The molecule has 1 unspecified atom stereocenters. The molecule has 0 bridgehead atoms. The number of benzene rings is 1. The van der Waals surface area contributed by atoms with Crippen LogP contribution in [0.3, 0.4) is 0 Å². The Morgan fingerprint density at radius 2 is 2.14 bits per heavy atom. The van der Waals surface area contributed by atoms with E-state index in [1.54, 1.807) is 7.11 Å². The maximum atomic E-state index is 5.18. The Morgan fingerprint density at radius 1 is 1.33 bits per heavy atom. The number of hydrogen-bond donors (Lipinski definition) is 1. The third-order valence-electron chi connectivity index (χ3n) is 2.93. The monoisotopic (exact) mass is 275 g/mol. The van der Waals surface area contributed by atoms with Gasteiger partial charge in [0.15, 0.2) is 0 Å². The lowest BCUT2D eigenvalue weighted by Gasteiger charge is -2.12. The average Bonchev–Trinajstić information content (AvgIpc) is 2.56. The molecule has 2 nitrogen and oxygen atoms in total. The zero-order valence-corrected chi connectivity index (χ0v) is 12.0. The lowest BCUT2D eigenvalue weighted by Crippen LogP contribution is -2.19. The van der Waals surface area contributed by atoms with Gasteiger partial charge in [0.1, 0.15) is 5.75 Å². The summed E-state index contributed by atoms with van der Waals surface area (Å²) in [5.41, 5.74) is 7.78. The molecule has 0 aromatic heterocycles. The van der Waals surface area contributed by atoms with Crippen molar-refractivity contribution >= 4 is 0 Å². The SMILES string of the molecule is C=CCNC(C#CC1=CC=C=C=C1)c1ccc(OC)cc1. The molecule has 0 heterocycles. The number of methoxy groups -OCH3 is 1. The van der Waals surface area contributed by atoms with E-state index >= 15 is 0 Å². The molecule has 104 valence electrons. The molecule has 1 aromatic rings. The van der Waals surface area contributed by atoms with Crippen molar-refractivity contribution in [3.05, 3.63) is 77.7 Å². The molecule has 0 saturated heterocycles. The van der Waals surface area contributed by atoms with E-state index in [0.717, 1.165) is 16.9 Å². The van der Waals surface area contributed by atoms with Gasteiger partial charge in [-0.1, -0.05) is 41.5 Å². The molecule has 21 heavy (non-hydrogen) atoms. The molecular formula is C19H17NO. The van der Waals surface area contributed by atoms with Crippen molar-refractivity contribution in [1.29, 1.82) is 0 Å². The molecule has 1 aromatic carbocycles. The highest BCUT2D eigenvalue weighted by atomic mass is 16.5.